The normalized spacial score (nSPS) is 17.2. The van der Waals surface area contributed by atoms with E-state index in [0.717, 1.165) is 36.6 Å². The monoisotopic (exact) mass is 399 g/mol. The SMILES string of the molecule is CN=C(NCc1cn2cc(Cl)ccc2n1)NC1CCc2cn(C(C)C)nc2C1. The van der Waals surface area contributed by atoms with Crippen LogP contribution < -0.4 is 10.6 Å². The molecule has 148 valence electrons. The quantitative estimate of drug-likeness (QED) is 0.522. The first-order valence-corrected chi connectivity index (χ1v) is 10.1. The van der Waals surface area contributed by atoms with Crippen LogP contribution >= 0.6 is 11.6 Å². The molecule has 7 nitrogen and oxygen atoms in total. The Morgan fingerprint density at radius 3 is 2.96 bits per heavy atom. The number of aryl methyl sites for hydroxylation is 1. The van der Waals surface area contributed by atoms with Gasteiger partial charge in [0, 0.05) is 44.1 Å². The van der Waals surface area contributed by atoms with Crippen molar-refractivity contribution in [3.63, 3.8) is 0 Å². The standard InChI is InChI=1S/C20H26ClN7/c1-13(2)28-10-14-4-6-16(8-18(14)26-28)25-20(22-3)23-9-17-12-27-11-15(21)5-7-19(27)24-17/h5,7,10-13,16H,4,6,8-9H2,1-3H3,(H2,22,23,25). The van der Waals surface area contributed by atoms with E-state index in [-0.39, 0.29) is 0 Å². The zero-order chi connectivity index (χ0) is 19.7. The highest BCUT2D eigenvalue weighted by Crippen LogP contribution is 2.21. The Hall–Kier alpha value is -2.54. The molecule has 0 spiro atoms. The molecule has 3 aromatic heterocycles. The van der Waals surface area contributed by atoms with Crippen LogP contribution in [0.2, 0.25) is 5.02 Å². The molecule has 0 saturated carbocycles. The van der Waals surface area contributed by atoms with Gasteiger partial charge in [0.1, 0.15) is 5.65 Å². The van der Waals surface area contributed by atoms with Crippen LogP contribution in [-0.4, -0.2) is 38.2 Å². The van der Waals surface area contributed by atoms with Gasteiger partial charge in [-0.3, -0.25) is 9.67 Å². The van der Waals surface area contributed by atoms with Crippen LogP contribution in [0.3, 0.4) is 0 Å². The zero-order valence-electron chi connectivity index (χ0n) is 16.5. The molecule has 3 aromatic rings. The minimum absolute atomic E-state index is 0.328. The lowest BCUT2D eigenvalue weighted by molar-refractivity contribution is 0.499. The van der Waals surface area contributed by atoms with Crippen LogP contribution in [-0.2, 0) is 19.4 Å². The Kier molecular flexibility index (Phi) is 5.26. The van der Waals surface area contributed by atoms with Crippen LogP contribution in [0.15, 0.2) is 35.7 Å². The van der Waals surface area contributed by atoms with Gasteiger partial charge in [-0.15, -0.1) is 0 Å². The molecule has 0 amide bonds. The van der Waals surface area contributed by atoms with E-state index < -0.39 is 0 Å². The lowest BCUT2D eigenvalue weighted by Crippen LogP contribution is -2.45. The summed E-state index contributed by atoms with van der Waals surface area (Å²) in [7, 11) is 1.79. The molecule has 0 saturated heterocycles. The van der Waals surface area contributed by atoms with Gasteiger partial charge in [-0.05, 0) is 44.4 Å². The fraction of sp³-hybridized carbons (Fsp3) is 0.450. The lowest BCUT2D eigenvalue weighted by atomic mass is 9.94. The van der Waals surface area contributed by atoms with Gasteiger partial charge in [0.2, 0.25) is 0 Å². The molecule has 1 atom stereocenters. The molecular weight excluding hydrogens is 374 g/mol. The Morgan fingerprint density at radius 2 is 2.18 bits per heavy atom. The minimum Gasteiger partial charge on any atom is -0.353 e. The minimum atomic E-state index is 0.328. The van der Waals surface area contributed by atoms with Crippen molar-refractivity contribution in [2.75, 3.05) is 7.05 Å². The highest BCUT2D eigenvalue weighted by molar-refractivity contribution is 6.30. The summed E-state index contributed by atoms with van der Waals surface area (Å²) in [4.78, 5) is 8.97. The van der Waals surface area contributed by atoms with E-state index in [2.05, 4.69) is 45.3 Å². The van der Waals surface area contributed by atoms with Gasteiger partial charge in [0.15, 0.2) is 5.96 Å². The summed E-state index contributed by atoms with van der Waals surface area (Å²) in [6, 6.07) is 4.48. The van der Waals surface area contributed by atoms with E-state index in [4.69, 9.17) is 16.7 Å². The summed E-state index contributed by atoms with van der Waals surface area (Å²) in [6.07, 6.45) is 9.07. The highest BCUT2D eigenvalue weighted by Gasteiger charge is 2.23. The largest absolute Gasteiger partial charge is 0.353 e. The van der Waals surface area contributed by atoms with Gasteiger partial charge in [-0.25, -0.2) is 4.98 Å². The smallest absolute Gasteiger partial charge is 0.191 e. The molecule has 8 heteroatoms. The summed E-state index contributed by atoms with van der Waals surface area (Å²) in [5, 5.41) is 12.3. The Morgan fingerprint density at radius 1 is 1.32 bits per heavy atom. The number of nitrogens with one attached hydrogen (secondary N) is 2. The number of imidazole rings is 1. The molecule has 1 unspecified atom stereocenters. The second-order valence-corrected chi connectivity index (χ2v) is 7.97. The zero-order valence-corrected chi connectivity index (χ0v) is 17.2. The molecule has 0 fully saturated rings. The van der Waals surface area contributed by atoms with Gasteiger partial charge < -0.3 is 15.0 Å². The summed E-state index contributed by atoms with van der Waals surface area (Å²) >= 11 is 6.04. The summed E-state index contributed by atoms with van der Waals surface area (Å²) in [5.74, 6) is 0.784. The fourth-order valence-corrected chi connectivity index (χ4v) is 3.73. The molecule has 1 aliphatic carbocycles. The highest BCUT2D eigenvalue weighted by atomic mass is 35.5. The number of halogens is 1. The van der Waals surface area contributed by atoms with E-state index >= 15 is 0 Å². The number of fused-ring (bicyclic) bond motifs is 2. The van der Waals surface area contributed by atoms with E-state index in [9.17, 15) is 0 Å². The number of aromatic nitrogens is 4. The van der Waals surface area contributed by atoms with E-state index in [0.29, 0.717) is 23.7 Å². The number of guanidine groups is 1. The second kappa shape index (κ2) is 7.83. The predicted molar refractivity (Wildman–Crippen MR) is 112 cm³/mol. The van der Waals surface area contributed by atoms with Crippen LogP contribution in [0.4, 0.5) is 0 Å². The molecule has 0 bridgehead atoms. The van der Waals surface area contributed by atoms with Crippen molar-refractivity contribution in [1.29, 1.82) is 0 Å². The van der Waals surface area contributed by atoms with Crippen LogP contribution in [0.1, 0.15) is 43.3 Å². The topological polar surface area (TPSA) is 71.5 Å². The molecule has 28 heavy (non-hydrogen) atoms. The summed E-state index contributed by atoms with van der Waals surface area (Å²) in [5.41, 5.74) is 4.39. The van der Waals surface area contributed by atoms with Crippen molar-refractivity contribution in [3.8, 4) is 0 Å². The number of nitrogens with zero attached hydrogens (tertiary/aromatic N) is 5. The van der Waals surface area contributed by atoms with Crippen LogP contribution in [0.5, 0.6) is 0 Å². The van der Waals surface area contributed by atoms with Crippen molar-refractivity contribution in [1.82, 2.24) is 29.8 Å². The molecule has 3 heterocycles. The third-order valence-electron chi connectivity index (χ3n) is 5.09. The number of rotatable bonds is 4. The van der Waals surface area contributed by atoms with Crippen molar-refractivity contribution in [2.45, 2.75) is 51.7 Å². The molecule has 1 aliphatic rings. The number of hydrogen-bond donors (Lipinski definition) is 2. The Labute approximate surface area is 169 Å². The van der Waals surface area contributed by atoms with Gasteiger partial charge in [-0.2, -0.15) is 5.10 Å². The van der Waals surface area contributed by atoms with Gasteiger partial charge in [-0.1, -0.05) is 11.6 Å². The number of pyridine rings is 1. The van der Waals surface area contributed by atoms with E-state index in [1.54, 1.807) is 7.05 Å². The second-order valence-electron chi connectivity index (χ2n) is 7.53. The summed E-state index contributed by atoms with van der Waals surface area (Å²) in [6.45, 7) is 4.92. The first-order valence-electron chi connectivity index (χ1n) is 9.69. The number of hydrogen-bond acceptors (Lipinski definition) is 3. The Balaban J connectivity index is 1.36. The average molecular weight is 400 g/mol. The molecule has 0 radical (unpaired) electrons. The third-order valence-corrected chi connectivity index (χ3v) is 5.32. The van der Waals surface area contributed by atoms with E-state index in [1.165, 1.54) is 11.3 Å². The van der Waals surface area contributed by atoms with Gasteiger partial charge >= 0.3 is 0 Å². The average Bonchev–Trinajstić information content (AvgIpc) is 3.27. The third kappa shape index (κ3) is 3.99. The van der Waals surface area contributed by atoms with Crippen LogP contribution in [0.25, 0.3) is 5.65 Å². The predicted octanol–water partition coefficient (Wildman–Crippen LogP) is 2.99. The molecule has 2 N–H and O–H groups in total. The van der Waals surface area contributed by atoms with Gasteiger partial charge in [0.05, 0.1) is 23.0 Å². The van der Waals surface area contributed by atoms with Gasteiger partial charge in [0.25, 0.3) is 0 Å². The number of aliphatic imine (C=N–C) groups is 1. The van der Waals surface area contributed by atoms with Crippen molar-refractivity contribution in [2.24, 2.45) is 4.99 Å². The molecular formula is C20H26ClN7. The lowest BCUT2D eigenvalue weighted by Gasteiger charge is -2.24. The molecule has 0 aromatic carbocycles. The first-order chi connectivity index (χ1) is 13.5. The maximum atomic E-state index is 6.04. The molecule has 4 rings (SSSR count). The molecule has 0 aliphatic heterocycles. The fourth-order valence-electron chi connectivity index (χ4n) is 3.56. The maximum absolute atomic E-state index is 6.04. The first kappa shape index (κ1) is 18.8. The van der Waals surface area contributed by atoms with Crippen LogP contribution in [0, 0.1) is 0 Å². The van der Waals surface area contributed by atoms with Crippen molar-refractivity contribution in [3.05, 3.63) is 52.7 Å². The van der Waals surface area contributed by atoms with E-state index in [1.807, 2.05) is 28.9 Å². The van der Waals surface area contributed by atoms with Crippen molar-refractivity contribution >= 4 is 23.2 Å². The summed E-state index contributed by atoms with van der Waals surface area (Å²) < 4.78 is 4.00. The van der Waals surface area contributed by atoms with Crippen molar-refractivity contribution < 1.29 is 0 Å². The maximum Gasteiger partial charge on any atom is 0.191 e. The Bertz CT molecular complexity index is 1000.